The third-order valence-corrected chi connectivity index (χ3v) is 3.19. The summed E-state index contributed by atoms with van der Waals surface area (Å²) in [6.07, 6.45) is 1.88. The number of ether oxygens (including phenoxy) is 1. The van der Waals surface area contributed by atoms with Gasteiger partial charge in [0.25, 0.3) is 0 Å². The Hall–Kier alpha value is -1.29. The van der Waals surface area contributed by atoms with E-state index in [1.165, 1.54) is 24.4 Å². The summed E-state index contributed by atoms with van der Waals surface area (Å²) in [6.45, 7) is 1.58. The summed E-state index contributed by atoms with van der Waals surface area (Å²) in [5.41, 5.74) is 1.73. The highest BCUT2D eigenvalue weighted by molar-refractivity contribution is 8.13. The number of esters is 1. The topological polar surface area (TPSA) is 43.4 Å². The highest BCUT2D eigenvalue weighted by atomic mass is 32.2. The lowest BCUT2D eigenvalue weighted by Crippen LogP contribution is -2.01. The largest absolute Gasteiger partial charge is 0.465 e. The summed E-state index contributed by atoms with van der Waals surface area (Å²) < 4.78 is 4.62. The Morgan fingerprint density at radius 2 is 1.88 bits per heavy atom. The molecule has 0 amide bonds. The molecule has 0 radical (unpaired) electrons. The van der Waals surface area contributed by atoms with E-state index in [1.54, 1.807) is 19.1 Å². The minimum absolute atomic E-state index is 0.158. The van der Waals surface area contributed by atoms with Crippen LogP contribution >= 0.6 is 11.8 Å². The normalized spacial score (nSPS) is 10.0. The Bertz CT molecular complexity index is 384. The van der Waals surface area contributed by atoms with E-state index in [4.69, 9.17) is 0 Å². The summed E-state index contributed by atoms with van der Waals surface area (Å²) in [6, 6.07) is 7.37. The lowest BCUT2D eigenvalue weighted by molar-refractivity contribution is -0.109. The van der Waals surface area contributed by atoms with E-state index in [9.17, 15) is 9.59 Å². The molecule has 1 rings (SSSR count). The summed E-state index contributed by atoms with van der Waals surface area (Å²) in [7, 11) is 1.37. The van der Waals surface area contributed by atoms with E-state index < -0.39 is 0 Å². The molecule has 0 aromatic heterocycles. The maximum atomic E-state index is 11.2. The molecular weight excluding hydrogens is 236 g/mol. The van der Waals surface area contributed by atoms with Gasteiger partial charge in [0.2, 0.25) is 0 Å². The zero-order chi connectivity index (χ0) is 12.7. The summed E-state index contributed by atoms with van der Waals surface area (Å²) in [5.74, 6) is 0.525. The predicted molar refractivity (Wildman–Crippen MR) is 69.2 cm³/mol. The Labute approximate surface area is 106 Å². The monoisotopic (exact) mass is 252 g/mol. The Morgan fingerprint density at radius 3 is 2.41 bits per heavy atom. The first-order valence-corrected chi connectivity index (χ1v) is 6.42. The standard InChI is InChI=1S/C13H16O3S/c1-10(14)17-9-3-4-11-5-7-12(8-6-11)13(15)16-2/h5-8H,3-4,9H2,1-2H3. The second-order valence-electron chi connectivity index (χ2n) is 3.63. The van der Waals surface area contributed by atoms with Gasteiger partial charge in [-0.25, -0.2) is 4.79 Å². The first kappa shape index (κ1) is 13.8. The molecule has 0 saturated heterocycles. The van der Waals surface area contributed by atoms with Crippen LogP contribution in [0.4, 0.5) is 0 Å². The predicted octanol–water partition coefficient (Wildman–Crippen LogP) is 2.69. The SMILES string of the molecule is COC(=O)c1ccc(CCCSC(C)=O)cc1. The number of carbonyl (C=O) groups excluding carboxylic acids is 2. The number of benzene rings is 1. The minimum atomic E-state index is -0.316. The van der Waals surface area contributed by atoms with Gasteiger partial charge in [-0.1, -0.05) is 23.9 Å². The molecule has 0 aliphatic carbocycles. The fourth-order valence-electron chi connectivity index (χ4n) is 1.42. The molecule has 17 heavy (non-hydrogen) atoms. The van der Waals surface area contributed by atoms with Crippen molar-refractivity contribution < 1.29 is 14.3 Å². The van der Waals surface area contributed by atoms with Gasteiger partial charge in [-0.05, 0) is 30.5 Å². The molecule has 0 bridgehead atoms. The minimum Gasteiger partial charge on any atom is -0.465 e. The van der Waals surface area contributed by atoms with Crippen LogP contribution in [0.2, 0.25) is 0 Å². The summed E-state index contributed by atoms with van der Waals surface area (Å²) in [5, 5.41) is 0.158. The van der Waals surface area contributed by atoms with Crippen molar-refractivity contribution in [2.45, 2.75) is 19.8 Å². The fourth-order valence-corrected chi connectivity index (χ4v) is 1.99. The molecule has 0 N–H and O–H groups in total. The molecule has 0 saturated carbocycles. The summed E-state index contributed by atoms with van der Waals surface area (Å²) in [4.78, 5) is 21.9. The van der Waals surface area contributed by atoms with E-state index in [2.05, 4.69) is 4.74 Å². The smallest absolute Gasteiger partial charge is 0.337 e. The molecule has 92 valence electrons. The number of aryl methyl sites for hydroxylation is 1. The molecular formula is C13H16O3S. The van der Waals surface area contributed by atoms with Gasteiger partial charge in [-0.2, -0.15) is 0 Å². The van der Waals surface area contributed by atoms with E-state index in [1.807, 2.05) is 12.1 Å². The first-order valence-electron chi connectivity index (χ1n) is 5.44. The number of methoxy groups -OCH3 is 1. The number of carbonyl (C=O) groups is 2. The van der Waals surface area contributed by atoms with Crippen LogP contribution in [0, 0.1) is 0 Å². The van der Waals surface area contributed by atoms with Gasteiger partial charge in [0.1, 0.15) is 0 Å². The van der Waals surface area contributed by atoms with Crippen molar-refractivity contribution in [2.75, 3.05) is 12.9 Å². The van der Waals surface area contributed by atoms with Gasteiger partial charge < -0.3 is 4.74 Å². The van der Waals surface area contributed by atoms with Crippen LogP contribution in [-0.2, 0) is 16.0 Å². The van der Waals surface area contributed by atoms with Crippen LogP contribution in [-0.4, -0.2) is 23.9 Å². The maximum Gasteiger partial charge on any atom is 0.337 e. The van der Waals surface area contributed by atoms with Crippen LogP contribution in [0.15, 0.2) is 24.3 Å². The fraction of sp³-hybridized carbons (Fsp3) is 0.385. The molecule has 0 heterocycles. The number of rotatable bonds is 5. The quantitative estimate of drug-likeness (QED) is 0.597. The van der Waals surface area contributed by atoms with E-state index in [-0.39, 0.29) is 11.1 Å². The molecule has 4 heteroatoms. The number of hydrogen-bond acceptors (Lipinski definition) is 4. The van der Waals surface area contributed by atoms with E-state index >= 15 is 0 Å². The van der Waals surface area contributed by atoms with Crippen LogP contribution in [0.25, 0.3) is 0 Å². The Balaban J connectivity index is 2.40. The molecule has 0 aliphatic heterocycles. The molecule has 0 atom stereocenters. The van der Waals surface area contributed by atoms with Gasteiger partial charge in [0, 0.05) is 12.7 Å². The molecule has 1 aromatic rings. The molecule has 1 aromatic carbocycles. The first-order chi connectivity index (χ1) is 8.13. The van der Waals surface area contributed by atoms with Crippen molar-refractivity contribution in [1.82, 2.24) is 0 Å². The third kappa shape index (κ3) is 5.04. The highest BCUT2D eigenvalue weighted by Gasteiger charge is 2.04. The lowest BCUT2D eigenvalue weighted by Gasteiger charge is -2.02. The zero-order valence-corrected chi connectivity index (χ0v) is 10.9. The molecule has 0 fully saturated rings. The van der Waals surface area contributed by atoms with Crippen LogP contribution in [0.1, 0.15) is 29.3 Å². The average molecular weight is 252 g/mol. The second kappa shape index (κ2) is 7.12. The molecule has 0 spiro atoms. The van der Waals surface area contributed by atoms with E-state index in [0.717, 1.165) is 18.6 Å². The van der Waals surface area contributed by atoms with Crippen molar-refractivity contribution in [1.29, 1.82) is 0 Å². The van der Waals surface area contributed by atoms with Gasteiger partial charge in [-0.15, -0.1) is 0 Å². The van der Waals surface area contributed by atoms with Gasteiger partial charge >= 0.3 is 5.97 Å². The van der Waals surface area contributed by atoms with Crippen molar-refractivity contribution in [2.24, 2.45) is 0 Å². The van der Waals surface area contributed by atoms with Gasteiger partial charge in [-0.3, -0.25) is 4.79 Å². The number of hydrogen-bond donors (Lipinski definition) is 0. The Kier molecular flexibility index (Phi) is 5.77. The van der Waals surface area contributed by atoms with E-state index in [0.29, 0.717) is 5.56 Å². The maximum absolute atomic E-state index is 11.2. The molecule has 0 unspecified atom stereocenters. The lowest BCUT2D eigenvalue weighted by atomic mass is 10.1. The van der Waals surface area contributed by atoms with Crippen molar-refractivity contribution in [3.05, 3.63) is 35.4 Å². The molecule has 0 aliphatic rings. The van der Waals surface area contributed by atoms with Crippen LogP contribution in [0.3, 0.4) is 0 Å². The summed E-state index contributed by atoms with van der Waals surface area (Å²) >= 11 is 1.35. The van der Waals surface area contributed by atoms with Crippen molar-refractivity contribution >= 4 is 22.8 Å². The highest BCUT2D eigenvalue weighted by Crippen LogP contribution is 2.10. The average Bonchev–Trinajstić information content (AvgIpc) is 2.34. The second-order valence-corrected chi connectivity index (χ2v) is 4.90. The van der Waals surface area contributed by atoms with Crippen LogP contribution < -0.4 is 0 Å². The van der Waals surface area contributed by atoms with Crippen molar-refractivity contribution in [3.63, 3.8) is 0 Å². The van der Waals surface area contributed by atoms with Crippen molar-refractivity contribution in [3.8, 4) is 0 Å². The van der Waals surface area contributed by atoms with Gasteiger partial charge in [0.15, 0.2) is 5.12 Å². The number of thioether (sulfide) groups is 1. The Morgan fingerprint density at radius 1 is 1.24 bits per heavy atom. The van der Waals surface area contributed by atoms with Gasteiger partial charge in [0.05, 0.1) is 12.7 Å². The zero-order valence-electron chi connectivity index (χ0n) is 10.1. The molecule has 3 nitrogen and oxygen atoms in total. The third-order valence-electron chi connectivity index (χ3n) is 2.29. The van der Waals surface area contributed by atoms with Crippen LogP contribution in [0.5, 0.6) is 0 Å².